The molecule has 1 aliphatic rings. The van der Waals surface area contributed by atoms with Gasteiger partial charge in [-0.2, -0.15) is 0 Å². The van der Waals surface area contributed by atoms with Crippen molar-refractivity contribution in [1.82, 2.24) is 20.1 Å². The van der Waals surface area contributed by atoms with E-state index in [4.69, 9.17) is 11.6 Å². The number of aromatic nitrogens is 3. The molecule has 0 atom stereocenters. The summed E-state index contributed by atoms with van der Waals surface area (Å²) in [4.78, 5) is 22.7. The van der Waals surface area contributed by atoms with Gasteiger partial charge in [-0.15, -0.1) is 10.2 Å². The highest BCUT2D eigenvalue weighted by Crippen LogP contribution is 2.23. The highest BCUT2D eigenvalue weighted by atomic mass is 35.5. The summed E-state index contributed by atoms with van der Waals surface area (Å²) in [7, 11) is 0. The summed E-state index contributed by atoms with van der Waals surface area (Å²) in [5.74, 6) is 1.33. The van der Waals surface area contributed by atoms with Crippen LogP contribution in [0.3, 0.4) is 0 Å². The van der Waals surface area contributed by atoms with Crippen LogP contribution >= 0.6 is 11.6 Å². The maximum absolute atomic E-state index is 12.3. The molecule has 0 spiro atoms. The van der Waals surface area contributed by atoms with Gasteiger partial charge in [0, 0.05) is 37.0 Å². The number of amides is 1. The Morgan fingerprint density at radius 3 is 2.96 bits per heavy atom. The Morgan fingerprint density at radius 1 is 1.32 bits per heavy atom. The van der Waals surface area contributed by atoms with Crippen molar-refractivity contribution >= 4 is 23.2 Å². The molecule has 25 heavy (non-hydrogen) atoms. The SMILES string of the molecule is O=C(NCCc1nnc2n1CCCCC2)c1ccc(Cl)cc1[N+](=O)[O-]. The number of aryl methyl sites for hydroxylation is 1. The summed E-state index contributed by atoms with van der Waals surface area (Å²) in [6, 6.07) is 4.00. The zero-order chi connectivity index (χ0) is 17.8. The molecule has 0 bridgehead atoms. The number of carbonyl (C=O) groups excluding carboxylic acids is 1. The molecule has 1 aliphatic heterocycles. The molecule has 132 valence electrons. The van der Waals surface area contributed by atoms with Crippen LogP contribution in [0.5, 0.6) is 0 Å². The van der Waals surface area contributed by atoms with Gasteiger partial charge in [0.25, 0.3) is 11.6 Å². The highest BCUT2D eigenvalue weighted by Gasteiger charge is 2.21. The third kappa shape index (κ3) is 3.96. The number of carbonyl (C=O) groups is 1. The molecule has 9 heteroatoms. The predicted octanol–water partition coefficient (Wildman–Crippen LogP) is 2.54. The van der Waals surface area contributed by atoms with E-state index in [0.29, 0.717) is 13.0 Å². The van der Waals surface area contributed by atoms with Gasteiger partial charge in [0.05, 0.1) is 4.92 Å². The van der Waals surface area contributed by atoms with Crippen molar-refractivity contribution in [3.05, 3.63) is 50.5 Å². The quantitative estimate of drug-likeness (QED) is 0.649. The maximum atomic E-state index is 12.3. The Hall–Kier alpha value is -2.48. The Bertz CT molecular complexity index is 805. The van der Waals surface area contributed by atoms with Crippen LogP contribution in [0.2, 0.25) is 5.02 Å². The number of nitrogens with zero attached hydrogens (tertiary/aromatic N) is 4. The monoisotopic (exact) mass is 363 g/mol. The van der Waals surface area contributed by atoms with E-state index in [1.807, 2.05) is 0 Å². The summed E-state index contributed by atoms with van der Waals surface area (Å²) >= 11 is 5.76. The fourth-order valence-electron chi connectivity index (χ4n) is 2.96. The molecular weight excluding hydrogens is 346 g/mol. The minimum absolute atomic E-state index is 0.00512. The molecule has 1 aromatic carbocycles. The fraction of sp³-hybridized carbons (Fsp3) is 0.438. The largest absolute Gasteiger partial charge is 0.351 e. The van der Waals surface area contributed by atoms with E-state index in [0.717, 1.165) is 37.5 Å². The van der Waals surface area contributed by atoms with Crippen molar-refractivity contribution in [3.63, 3.8) is 0 Å². The first kappa shape index (κ1) is 17.3. The predicted molar refractivity (Wildman–Crippen MR) is 91.7 cm³/mol. The summed E-state index contributed by atoms with van der Waals surface area (Å²) < 4.78 is 2.11. The number of benzene rings is 1. The van der Waals surface area contributed by atoms with Crippen LogP contribution in [-0.4, -0.2) is 32.1 Å². The molecule has 0 unspecified atom stereocenters. The molecule has 0 saturated heterocycles. The first-order valence-corrected chi connectivity index (χ1v) is 8.57. The van der Waals surface area contributed by atoms with Crippen LogP contribution in [-0.2, 0) is 19.4 Å². The standard InChI is InChI=1S/C16H18ClN5O3/c17-11-5-6-12(13(10-11)22(24)25)16(23)18-8-7-15-20-19-14-4-2-1-3-9-21(14)15/h5-6,10H,1-4,7-9H2,(H,18,23). The zero-order valence-corrected chi connectivity index (χ0v) is 14.3. The van der Waals surface area contributed by atoms with E-state index in [-0.39, 0.29) is 16.3 Å². The number of nitrogens with one attached hydrogen (secondary N) is 1. The van der Waals surface area contributed by atoms with Crippen molar-refractivity contribution in [1.29, 1.82) is 0 Å². The van der Waals surface area contributed by atoms with E-state index < -0.39 is 10.8 Å². The van der Waals surface area contributed by atoms with E-state index >= 15 is 0 Å². The number of nitro groups is 1. The molecule has 1 N–H and O–H groups in total. The van der Waals surface area contributed by atoms with E-state index in [2.05, 4.69) is 20.1 Å². The third-order valence-corrected chi connectivity index (χ3v) is 4.46. The fourth-order valence-corrected chi connectivity index (χ4v) is 3.13. The summed E-state index contributed by atoms with van der Waals surface area (Å²) in [5.41, 5.74) is -0.309. The summed E-state index contributed by atoms with van der Waals surface area (Å²) in [6.07, 6.45) is 4.85. The Morgan fingerprint density at radius 2 is 2.16 bits per heavy atom. The summed E-state index contributed by atoms with van der Waals surface area (Å²) in [5, 5.41) is 22.4. The average Bonchev–Trinajstić information content (AvgIpc) is 2.81. The molecule has 1 amide bonds. The van der Waals surface area contributed by atoms with Crippen LogP contribution < -0.4 is 5.32 Å². The van der Waals surface area contributed by atoms with Gasteiger partial charge in [0.2, 0.25) is 0 Å². The average molecular weight is 364 g/mol. The first-order valence-electron chi connectivity index (χ1n) is 8.19. The normalized spacial score (nSPS) is 13.8. The van der Waals surface area contributed by atoms with Gasteiger partial charge in [-0.3, -0.25) is 14.9 Å². The van der Waals surface area contributed by atoms with Gasteiger partial charge in [-0.05, 0) is 25.0 Å². The van der Waals surface area contributed by atoms with E-state index in [1.54, 1.807) is 0 Å². The zero-order valence-electron chi connectivity index (χ0n) is 13.6. The minimum Gasteiger partial charge on any atom is -0.351 e. The molecule has 2 heterocycles. The van der Waals surface area contributed by atoms with Gasteiger partial charge < -0.3 is 9.88 Å². The van der Waals surface area contributed by atoms with Gasteiger partial charge in [-0.1, -0.05) is 18.0 Å². The van der Waals surface area contributed by atoms with Gasteiger partial charge in [0.1, 0.15) is 17.2 Å². The van der Waals surface area contributed by atoms with Gasteiger partial charge >= 0.3 is 0 Å². The lowest BCUT2D eigenvalue weighted by atomic mass is 10.1. The lowest BCUT2D eigenvalue weighted by Gasteiger charge is -2.08. The number of hydrogen-bond acceptors (Lipinski definition) is 5. The van der Waals surface area contributed by atoms with Crippen LogP contribution in [0.4, 0.5) is 5.69 Å². The Kier molecular flexibility index (Phi) is 5.28. The smallest absolute Gasteiger partial charge is 0.283 e. The molecule has 1 aromatic heterocycles. The van der Waals surface area contributed by atoms with Crippen molar-refractivity contribution in [3.8, 4) is 0 Å². The minimum atomic E-state index is -0.612. The lowest BCUT2D eigenvalue weighted by molar-refractivity contribution is -0.385. The van der Waals surface area contributed by atoms with Crippen molar-refractivity contribution < 1.29 is 9.72 Å². The first-order chi connectivity index (χ1) is 12.1. The molecule has 2 aromatic rings. The summed E-state index contributed by atoms with van der Waals surface area (Å²) in [6.45, 7) is 1.23. The topological polar surface area (TPSA) is 103 Å². The molecule has 0 fully saturated rings. The molecule has 0 aliphatic carbocycles. The van der Waals surface area contributed by atoms with Crippen LogP contribution in [0.25, 0.3) is 0 Å². The molecule has 8 nitrogen and oxygen atoms in total. The van der Waals surface area contributed by atoms with E-state index in [1.165, 1.54) is 24.6 Å². The Balaban J connectivity index is 1.64. The lowest BCUT2D eigenvalue weighted by Crippen LogP contribution is -2.27. The van der Waals surface area contributed by atoms with Crippen molar-refractivity contribution in [2.75, 3.05) is 6.54 Å². The van der Waals surface area contributed by atoms with Gasteiger partial charge in [0.15, 0.2) is 0 Å². The van der Waals surface area contributed by atoms with Crippen molar-refractivity contribution in [2.45, 2.75) is 38.6 Å². The molecule has 0 saturated carbocycles. The number of rotatable bonds is 5. The second-order valence-corrected chi connectivity index (χ2v) is 6.36. The number of hydrogen-bond donors (Lipinski definition) is 1. The number of nitro benzene ring substituents is 1. The van der Waals surface area contributed by atoms with Gasteiger partial charge in [-0.25, -0.2) is 0 Å². The highest BCUT2D eigenvalue weighted by molar-refractivity contribution is 6.31. The number of fused-ring (bicyclic) bond motifs is 1. The molecule has 0 radical (unpaired) electrons. The van der Waals surface area contributed by atoms with Crippen LogP contribution in [0.15, 0.2) is 18.2 Å². The molecular formula is C16H18ClN5O3. The Labute approximate surface area is 149 Å². The maximum Gasteiger partial charge on any atom is 0.283 e. The molecule has 3 rings (SSSR count). The number of halogens is 1. The van der Waals surface area contributed by atoms with Crippen molar-refractivity contribution in [2.24, 2.45) is 0 Å². The second kappa shape index (κ2) is 7.60. The van der Waals surface area contributed by atoms with E-state index in [9.17, 15) is 14.9 Å². The third-order valence-electron chi connectivity index (χ3n) is 4.22. The van der Waals surface area contributed by atoms with Crippen LogP contribution in [0.1, 0.15) is 41.3 Å². The van der Waals surface area contributed by atoms with Crippen LogP contribution in [0, 0.1) is 10.1 Å². The second-order valence-electron chi connectivity index (χ2n) is 5.92.